The van der Waals surface area contributed by atoms with Gasteiger partial charge in [0.2, 0.25) is 5.91 Å². The molecule has 0 aliphatic carbocycles. The monoisotopic (exact) mass is 228 g/mol. The number of nitrogens with one attached hydrogen (secondary N) is 1. The number of carbonyl (C=O) groups is 1. The van der Waals surface area contributed by atoms with Gasteiger partial charge in [0.05, 0.1) is 0 Å². The Hall–Kier alpha value is -0.570. The molecule has 0 aromatic carbocycles. The van der Waals surface area contributed by atoms with Gasteiger partial charge in [-0.1, -0.05) is 33.6 Å². The summed E-state index contributed by atoms with van der Waals surface area (Å²) in [5.41, 5.74) is 5.52. The van der Waals surface area contributed by atoms with Crippen LogP contribution in [0.25, 0.3) is 0 Å². The van der Waals surface area contributed by atoms with E-state index < -0.39 is 0 Å². The lowest BCUT2D eigenvalue weighted by molar-refractivity contribution is -0.126. The summed E-state index contributed by atoms with van der Waals surface area (Å²) in [7, 11) is 0. The molecule has 3 N–H and O–H groups in total. The number of carbonyl (C=O) groups excluding carboxylic acids is 1. The summed E-state index contributed by atoms with van der Waals surface area (Å²) >= 11 is 0. The van der Waals surface area contributed by atoms with E-state index in [0.29, 0.717) is 6.54 Å². The van der Waals surface area contributed by atoms with Crippen molar-refractivity contribution in [3.05, 3.63) is 0 Å². The van der Waals surface area contributed by atoms with Crippen LogP contribution in [0.15, 0.2) is 0 Å². The van der Waals surface area contributed by atoms with Gasteiger partial charge in [-0.2, -0.15) is 0 Å². The van der Waals surface area contributed by atoms with E-state index in [-0.39, 0.29) is 17.9 Å². The largest absolute Gasteiger partial charge is 0.353 e. The number of hydrogen-bond donors (Lipinski definition) is 2. The first-order valence-electron chi connectivity index (χ1n) is 6.69. The van der Waals surface area contributed by atoms with Crippen molar-refractivity contribution in [3.8, 4) is 0 Å². The normalized spacial score (nSPS) is 14.5. The summed E-state index contributed by atoms with van der Waals surface area (Å²) in [6, 6.07) is 0.258. The first-order valence-corrected chi connectivity index (χ1v) is 6.69. The van der Waals surface area contributed by atoms with Gasteiger partial charge in [-0.05, 0) is 32.2 Å². The Morgan fingerprint density at radius 2 is 1.88 bits per heavy atom. The van der Waals surface area contributed by atoms with Crippen molar-refractivity contribution in [3.63, 3.8) is 0 Å². The van der Waals surface area contributed by atoms with Crippen LogP contribution in [-0.2, 0) is 4.79 Å². The van der Waals surface area contributed by atoms with Crippen LogP contribution in [0.5, 0.6) is 0 Å². The van der Waals surface area contributed by atoms with Crippen molar-refractivity contribution in [1.82, 2.24) is 5.32 Å². The molecule has 0 spiro atoms. The Kier molecular flexibility index (Phi) is 9.30. The highest BCUT2D eigenvalue weighted by atomic mass is 16.1. The summed E-state index contributed by atoms with van der Waals surface area (Å²) in [5.74, 6) is 0.406. The van der Waals surface area contributed by atoms with Gasteiger partial charge >= 0.3 is 0 Å². The van der Waals surface area contributed by atoms with Crippen molar-refractivity contribution in [2.45, 2.75) is 65.3 Å². The van der Waals surface area contributed by atoms with Crippen LogP contribution in [0, 0.1) is 5.92 Å². The second kappa shape index (κ2) is 9.64. The van der Waals surface area contributed by atoms with E-state index in [1.54, 1.807) is 0 Å². The molecule has 0 aliphatic rings. The summed E-state index contributed by atoms with van der Waals surface area (Å²) < 4.78 is 0. The first kappa shape index (κ1) is 15.4. The van der Waals surface area contributed by atoms with Crippen molar-refractivity contribution in [2.24, 2.45) is 11.7 Å². The van der Waals surface area contributed by atoms with Gasteiger partial charge < -0.3 is 11.1 Å². The molecule has 0 rings (SSSR count). The maximum Gasteiger partial charge on any atom is 0.223 e. The van der Waals surface area contributed by atoms with Crippen LogP contribution in [0.1, 0.15) is 59.3 Å². The van der Waals surface area contributed by atoms with Crippen LogP contribution in [0.2, 0.25) is 0 Å². The van der Waals surface area contributed by atoms with Crippen LogP contribution in [0.4, 0.5) is 0 Å². The minimum Gasteiger partial charge on any atom is -0.353 e. The molecule has 0 saturated heterocycles. The fourth-order valence-electron chi connectivity index (χ4n) is 1.87. The summed E-state index contributed by atoms with van der Waals surface area (Å²) in [5, 5.41) is 3.11. The lowest BCUT2D eigenvalue weighted by atomic mass is 9.97. The summed E-state index contributed by atoms with van der Waals surface area (Å²) in [6.07, 6.45) is 6.09. The third kappa shape index (κ3) is 6.11. The van der Waals surface area contributed by atoms with E-state index in [1.165, 1.54) is 0 Å². The minimum absolute atomic E-state index is 0.187. The van der Waals surface area contributed by atoms with Gasteiger partial charge in [-0.15, -0.1) is 0 Å². The zero-order chi connectivity index (χ0) is 12.4. The highest BCUT2D eigenvalue weighted by molar-refractivity contribution is 5.78. The SMILES string of the molecule is CCCCC(CC)C(=O)NC(CC)CCN. The lowest BCUT2D eigenvalue weighted by Crippen LogP contribution is -2.39. The second-order valence-electron chi connectivity index (χ2n) is 4.44. The fourth-order valence-corrected chi connectivity index (χ4v) is 1.87. The van der Waals surface area contributed by atoms with Crippen molar-refractivity contribution in [1.29, 1.82) is 0 Å². The zero-order valence-corrected chi connectivity index (χ0v) is 11.1. The third-order valence-corrected chi connectivity index (χ3v) is 3.12. The smallest absolute Gasteiger partial charge is 0.223 e. The summed E-state index contributed by atoms with van der Waals surface area (Å²) in [4.78, 5) is 12.0. The van der Waals surface area contributed by atoms with Gasteiger partial charge in [0.15, 0.2) is 0 Å². The predicted molar refractivity (Wildman–Crippen MR) is 69.2 cm³/mol. The van der Waals surface area contributed by atoms with E-state index >= 15 is 0 Å². The predicted octanol–water partition coefficient (Wildman–Crippen LogP) is 2.45. The van der Waals surface area contributed by atoms with Crippen molar-refractivity contribution >= 4 is 5.91 Å². The Labute approximate surface area is 100 Å². The Balaban J connectivity index is 4.06. The molecule has 0 saturated carbocycles. The molecule has 16 heavy (non-hydrogen) atoms. The van der Waals surface area contributed by atoms with E-state index in [4.69, 9.17) is 5.73 Å². The molecule has 0 heterocycles. The number of nitrogens with two attached hydrogens (primary N) is 1. The number of rotatable bonds is 9. The molecule has 2 unspecified atom stereocenters. The standard InChI is InChI=1S/C13H28N2O/c1-4-7-8-11(5-2)13(16)15-12(6-3)9-10-14/h11-12H,4-10,14H2,1-3H3,(H,15,16). The maximum absolute atomic E-state index is 12.0. The summed E-state index contributed by atoms with van der Waals surface area (Å²) in [6.45, 7) is 6.98. The van der Waals surface area contributed by atoms with Gasteiger partial charge in [-0.3, -0.25) is 4.79 Å². The van der Waals surface area contributed by atoms with Gasteiger partial charge in [-0.25, -0.2) is 0 Å². The number of hydrogen-bond acceptors (Lipinski definition) is 2. The van der Waals surface area contributed by atoms with E-state index in [0.717, 1.165) is 38.5 Å². The molecule has 0 fully saturated rings. The molecule has 96 valence electrons. The number of unbranched alkanes of at least 4 members (excludes halogenated alkanes) is 1. The van der Waals surface area contributed by atoms with E-state index in [9.17, 15) is 4.79 Å². The van der Waals surface area contributed by atoms with Crippen LogP contribution >= 0.6 is 0 Å². The fraction of sp³-hybridized carbons (Fsp3) is 0.923. The highest BCUT2D eigenvalue weighted by Gasteiger charge is 2.18. The molecule has 0 aromatic rings. The van der Waals surface area contributed by atoms with Gasteiger partial charge in [0, 0.05) is 12.0 Å². The third-order valence-electron chi connectivity index (χ3n) is 3.12. The molecule has 0 aromatic heterocycles. The van der Waals surface area contributed by atoms with E-state index in [2.05, 4.69) is 26.1 Å². The van der Waals surface area contributed by atoms with Gasteiger partial charge in [0.25, 0.3) is 0 Å². The topological polar surface area (TPSA) is 55.1 Å². The Bertz CT molecular complexity index is 183. The molecule has 0 bridgehead atoms. The molecule has 3 heteroatoms. The maximum atomic E-state index is 12.0. The quantitative estimate of drug-likeness (QED) is 0.637. The average molecular weight is 228 g/mol. The highest BCUT2D eigenvalue weighted by Crippen LogP contribution is 2.13. The molecule has 0 radical (unpaired) electrons. The minimum atomic E-state index is 0.187. The molecule has 3 nitrogen and oxygen atoms in total. The molecule has 2 atom stereocenters. The lowest BCUT2D eigenvalue weighted by Gasteiger charge is -2.20. The molecule has 0 aliphatic heterocycles. The molecular weight excluding hydrogens is 200 g/mol. The van der Waals surface area contributed by atoms with Crippen LogP contribution in [0.3, 0.4) is 0 Å². The zero-order valence-electron chi connectivity index (χ0n) is 11.1. The van der Waals surface area contributed by atoms with Crippen molar-refractivity contribution < 1.29 is 4.79 Å². The van der Waals surface area contributed by atoms with E-state index in [1.807, 2.05) is 0 Å². The number of amides is 1. The molecule has 1 amide bonds. The average Bonchev–Trinajstić information content (AvgIpc) is 2.29. The Morgan fingerprint density at radius 1 is 1.19 bits per heavy atom. The van der Waals surface area contributed by atoms with Gasteiger partial charge in [0.1, 0.15) is 0 Å². The van der Waals surface area contributed by atoms with Crippen LogP contribution < -0.4 is 11.1 Å². The second-order valence-corrected chi connectivity index (χ2v) is 4.44. The first-order chi connectivity index (χ1) is 7.69. The Morgan fingerprint density at radius 3 is 2.31 bits per heavy atom. The van der Waals surface area contributed by atoms with Crippen LogP contribution in [-0.4, -0.2) is 18.5 Å². The molecular formula is C13H28N2O. The van der Waals surface area contributed by atoms with Crippen molar-refractivity contribution in [2.75, 3.05) is 6.54 Å².